The lowest BCUT2D eigenvalue weighted by Gasteiger charge is -2.21. The largest absolute Gasteiger partial charge is 0.497 e. The van der Waals surface area contributed by atoms with Crippen molar-refractivity contribution < 1.29 is 24.5 Å². The number of nitrogens with zero attached hydrogens (tertiary/aromatic N) is 1. The number of hydrogen-bond acceptors (Lipinski definition) is 4. The minimum Gasteiger partial charge on any atom is -0.497 e. The molecule has 1 fully saturated rings. The highest BCUT2D eigenvalue weighted by Crippen LogP contribution is 2.21. The first-order chi connectivity index (χ1) is 9.51. The van der Waals surface area contributed by atoms with Crippen molar-refractivity contribution in [2.75, 3.05) is 19.0 Å². The lowest BCUT2D eigenvalue weighted by molar-refractivity contribution is -0.141. The number of carboxylic acids is 1. The van der Waals surface area contributed by atoms with Crippen LogP contribution in [0, 0.1) is 0 Å². The molecule has 0 unspecified atom stereocenters. The molecule has 3 N–H and O–H groups in total. The number of aliphatic hydroxyl groups excluding tert-OH is 1. The van der Waals surface area contributed by atoms with E-state index < -0.39 is 24.1 Å². The van der Waals surface area contributed by atoms with Gasteiger partial charge in [0.15, 0.2) is 0 Å². The summed E-state index contributed by atoms with van der Waals surface area (Å²) in [6.45, 7) is 0.0129. The number of carbonyl (C=O) groups is 2. The topological polar surface area (TPSA) is 99.1 Å². The Bertz CT molecular complexity index is 502. The molecule has 0 spiro atoms. The van der Waals surface area contributed by atoms with Gasteiger partial charge in [-0.25, -0.2) is 9.59 Å². The number of aliphatic hydroxyl groups is 1. The summed E-state index contributed by atoms with van der Waals surface area (Å²) in [5, 5.41) is 21.1. The molecule has 0 aromatic heterocycles. The molecule has 0 aliphatic carbocycles. The van der Waals surface area contributed by atoms with Gasteiger partial charge in [-0.1, -0.05) is 0 Å². The van der Waals surface area contributed by atoms with E-state index in [9.17, 15) is 14.7 Å². The van der Waals surface area contributed by atoms with Crippen LogP contribution >= 0.6 is 0 Å². The van der Waals surface area contributed by atoms with Gasteiger partial charge in [0, 0.05) is 18.7 Å². The quantitative estimate of drug-likeness (QED) is 0.758. The summed E-state index contributed by atoms with van der Waals surface area (Å²) in [6.07, 6.45) is -0.761. The van der Waals surface area contributed by atoms with Crippen LogP contribution in [0.15, 0.2) is 24.3 Å². The van der Waals surface area contributed by atoms with Gasteiger partial charge in [-0.3, -0.25) is 0 Å². The molecule has 1 aliphatic rings. The molecule has 1 aliphatic heterocycles. The predicted molar refractivity (Wildman–Crippen MR) is 70.8 cm³/mol. The zero-order valence-electron chi connectivity index (χ0n) is 10.9. The summed E-state index contributed by atoms with van der Waals surface area (Å²) in [4.78, 5) is 24.2. The molecule has 108 valence electrons. The van der Waals surface area contributed by atoms with Crippen molar-refractivity contribution in [1.82, 2.24) is 4.90 Å². The Morgan fingerprint density at radius 3 is 2.55 bits per heavy atom. The maximum absolute atomic E-state index is 12.0. The third-order valence-electron chi connectivity index (χ3n) is 3.17. The molecule has 2 atom stereocenters. The molecular formula is C13H16N2O5. The first-order valence-corrected chi connectivity index (χ1v) is 6.14. The van der Waals surface area contributed by atoms with E-state index in [1.54, 1.807) is 24.3 Å². The number of nitrogens with one attached hydrogen (secondary N) is 1. The van der Waals surface area contributed by atoms with Crippen LogP contribution in [-0.4, -0.2) is 52.9 Å². The van der Waals surface area contributed by atoms with Crippen LogP contribution < -0.4 is 10.1 Å². The van der Waals surface area contributed by atoms with E-state index >= 15 is 0 Å². The van der Waals surface area contributed by atoms with E-state index in [0.29, 0.717) is 11.4 Å². The number of hydrogen-bond donors (Lipinski definition) is 3. The van der Waals surface area contributed by atoms with Crippen LogP contribution in [0.25, 0.3) is 0 Å². The van der Waals surface area contributed by atoms with Crippen molar-refractivity contribution in [3.63, 3.8) is 0 Å². The van der Waals surface area contributed by atoms with Crippen molar-refractivity contribution >= 4 is 17.7 Å². The second kappa shape index (κ2) is 5.79. The maximum atomic E-state index is 12.0. The van der Waals surface area contributed by atoms with Gasteiger partial charge >= 0.3 is 12.0 Å². The molecule has 20 heavy (non-hydrogen) atoms. The monoisotopic (exact) mass is 280 g/mol. The number of amides is 2. The van der Waals surface area contributed by atoms with Crippen molar-refractivity contribution in [3.8, 4) is 5.75 Å². The summed E-state index contributed by atoms with van der Waals surface area (Å²) in [5.41, 5.74) is 0.529. The number of β-amino-alcohol motifs (C(OH)–C–C–N with tert-alkyl or cyclic N) is 1. The molecule has 0 radical (unpaired) electrons. The van der Waals surface area contributed by atoms with Gasteiger partial charge in [0.05, 0.1) is 13.2 Å². The van der Waals surface area contributed by atoms with Gasteiger partial charge in [-0.05, 0) is 24.3 Å². The zero-order valence-corrected chi connectivity index (χ0v) is 10.9. The fourth-order valence-corrected chi connectivity index (χ4v) is 2.14. The Hall–Kier alpha value is -2.28. The lowest BCUT2D eigenvalue weighted by atomic mass is 10.2. The van der Waals surface area contributed by atoms with E-state index in [4.69, 9.17) is 9.84 Å². The third kappa shape index (κ3) is 3.00. The van der Waals surface area contributed by atoms with Crippen LogP contribution in [0.4, 0.5) is 10.5 Å². The second-order valence-electron chi connectivity index (χ2n) is 4.55. The molecule has 1 saturated heterocycles. The van der Waals surface area contributed by atoms with E-state index in [2.05, 4.69) is 5.32 Å². The van der Waals surface area contributed by atoms with E-state index in [0.717, 1.165) is 4.90 Å². The van der Waals surface area contributed by atoms with Crippen LogP contribution in [0.3, 0.4) is 0 Å². The standard InChI is InChI=1S/C13H16N2O5/c1-20-10-4-2-8(3-5-10)14-13(19)15-7-9(16)6-11(15)12(17)18/h2-5,9,11,16H,6-7H2,1H3,(H,14,19)(H,17,18)/t9-,11+/m1/s1. The summed E-state index contributed by atoms with van der Waals surface area (Å²) in [5.74, 6) is -0.463. The van der Waals surface area contributed by atoms with Crippen molar-refractivity contribution in [2.24, 2.45) is 0 Å². The first kappa shape index (κ1) is 14.1. The normalized spacial score (nSPS) is 21.6. The average Bonchev–Trinajstić information content (AvgIpc) is 2.82. The van der Waals surface area contributed by atoms with Crippen LogP contribution in [0.1, 0.15) is 6.42 Å². The summed E-state index contributed by atoms with van der Waals surface area (Å²) in [6, 6.07) is 5.13. The Morgan fingerprint density at radius 2 is 2.00 bits per heavy atom. The second-order valence-corrected chi connectivity index (χ2v) is 4.55. The third-order valence-corrected chi connectivity index (χ3v) is 3.17. The number of methoxy groups -OCH3 is 1. The smallest absolute Gasteiger partial charge is 0.326 e. The molecule has 1 aromatic carbocycles. The zero-order chi connectivity index (χ0) is 14.7. The van der Waals surface area contributed by atoms with Gasteiger partial charge in [-0.15, -0.1) is 0 Å². The maximum Gasteiger partial charge on any atom is 0.326 e. The molecule has 2 amide bonds. The summed E-state index contributed by atoms with van der Waals surface area (Å²) < 4.78 is 5.00. The Kier molecular flexibility index (Phi) is 4.09. The number of ether oxygens (including phenoxy) is 1. The Balaban J connectivity index is 2.04. The minimum atomic E-state index is -1.12. The van der Waals surface area contributed by atoms with Crippen LogP contribution in [-0.2, 0) is 4.79 Å². The molecule has 0 saturated carbocycles. The molecule has 2 rings (SSSR count). The number of carbonyl (C=O) groups excluding carboxylic acids is 1. The Labute approximate surface area is 115 Å². The number of carboxylic acid groups (broad SMARTS) is 1. The van der Waals surface area contributed by atoms with Gasteiger partial charge in [0.2, 0.25) is 0 Å². The van der Waals surface area contributed by atoms with E-state index in [1.165, 1.54) is 7.11 Å². The van der Waals surface area contributed by atoms with Gasteiger partial charge in [0.1, 0.15) is 11.8 Å². The molecule has 1 heterocycles. The molecule has 7 nitrogen and oxygen atoms in total. The van der Waals surface area contributed by atoms with Crippen molar-refractivity contribution in [3.05, 3.63) is 24.3 Å². The average molecular weight is 280 g/mol. The highest BCUT2D eigenvalue weighted by molar-refractivity contribution is 5.92. The van der Waals surface area contributed by atoms with Gasteiger partial charge < -0.3 is 25.2 Å². The number of urea groups is 1. The highest BCUT2D eigenvalue weighted by atomic mass is 16.5. The minimum absolute atomic E-state index is 0.0129. The molecule has 7 heteroatoms. The number of rotatable bonds is 3. The van der Waals surface area contributed by atoms with Gasteiger partial charge in [0.25, 0.3) is 0 Å². The number of likely N-dealkylation sites (tertiary alicyclic amines) is 1. The summed E-state index contributed by atoms with van der Waals surface area (Å²) >= 11 is 0. The van der Waals surface area contributed by atoms with Crippen molar-refractivity contribution in [1.29, 1.82) is 0 Å². The molecular weight excluding hydrogens is 264 g/mol. The van der Waals surface area contributed by atoms with Crippen LogP contribution in [0.2, 0.25) is 0 Å². The molecule has 1 aromatic rings. The van der Waals surface area contributed by atoms with E-state index in [-0.39, 0.29) is 13.0 Å². The fourth-order valence-electron chi connectivity index (χ4n) is 2.14. The Morgan fingerprint density at radius 1 is 1.35 bits per heavy atom. The predicted octanol–water partition coefficient (Wildman–Crippen LogP) is 0.747. The highest BCUT2D eigenvalue weighted by Gasteiger charge is 2.38. The number of benzene rings is 1. The number of aliphatic carboxylic acids is 1. The first-order valence-electron chi connectivity index (χ1n) is 6.14. The van der Waals surface area contributed by atoms with Crippen LogP contribution in [0.5, 0.6) is 5.75 Å². The fraction of sp³-hybridized carbons (Fsp3) is 0.385. The number of anilines is 1. The molecule has 0 bridgehead atoms. The lowest BCUT2D eigenvalue weighted by Crippen LogP contribution is -2.43. The van der Waals surface area contributed by atoms with Crippen molar-refractivity contribution in [2.45, 2.75) is 18.6 Å². The SMILES string of the molecule is COc1ccc(NC(=O)N2C[C@H](O)C[C@H]2C(=O)O)cc1. The van der Waals surface area contributed by atoms with E-state index in [1.807, 2.05) is 0 Å². The summed E-state index contributed by atoms with van der Waals surface area (Å²) in [7, 11) is 1.54. The van der Waals surface area contributed by atoms with Gasteiger partial charge in [-0.2, -0.15) is 0 Å².